The number of quaternary nitrogens is 1. The van der Waals surface area contributed by atoms with Crippen molar-refractivity contribution in [3.63, 3.8) is 0 Å². The van der Waals surface area contributed by atoms with Crippen LogP contribution in [0.5, 0.6) is 0 Å². The average Bonchev–Trinajstić information content (AvgIpc) is 2.74. The normalized spacial score (nSPS) is 24.5. The molecular weight excluding hydrogens is 320 g/mol. The number of hydrogen-bond donors (Lipinski definition) is 2. The molecule has 0 amide bonds. The Kier molecular flexibility index (Phi) is 4.80. The SMILES string of the molecule is O/N=C1/C[C@H](c2ccccc2)[NH2+][C@@H](c2ccccc2)[C@H]1c1ccccc1. The van der Waals surface area contributed by atoms with Crippen LogP contribution in [0, 0.1) is 0 Å². The van der Waals surface area contributed by atoms with Crippen LogP contribution < -0.4 is 5.32 Å². The lowest BCUT2D eigenvalue weighted by molar-refractivity contribution is -0.738. The number of nitrogens with two attached hydrogens (primary N) is 1. The summed E-state index contributed by atoms with van der Waals surface area (Å²) in [6.45, 7) is 0. The molecule has 3 N–H and O–H groups in total. The third kappa shape index (κ3) is 3.26. The van der Waals surface area contributed by atoms with Gasteiger partial charge in [-0.2, -0.15) is 0 Å². The van der Waals surface area contributed by atoms with Gasteiger partial charge in [-0.15, -0.1) is 0 Å². The molecule has 3 nitrogen and oxygen atoms in total. The lowest BCUT2D eigenvalue weighted by Gasteiger charge is -2.35. The summed E-state index contributed by atoms with van der Waals surface area (Å²) in [6, 6.07) is 31.8. The molecule has 0 unspecified atom stereocenters. The Hall–Kier alpha value is -2.91. The van der Waals surface area contributed by atoms with E-state index in [1.54, 1.807) is 0 Å². The maximum Gasteiger partial charge on any atom is 0.124 e. The van der Waals surface area contributed by atoms with E-state index in [0.717, 1.165) is 12.1 Å². The van der Waals surface area contributed by atoms with E-state index in [4.69, 9.17) is 0 Å². The van der Waals surface area contributed by atoms with Crippen LogP contribution in [0.2, 0.25) is 0 Å². The molecule has 0 saturated carbocycles. The van der Waals surface area contributed by atoms with Gasteiger partial charge in [-0.3, -0.25) is 0 Å². The molecule has 0 radical (unpaired) electrons. The highest BCUT2D eigenvalue weighted by molar-refractivity contribution is 5.92. The molecule has 3 atom stereocenters. The molecule has 1 saturated heterocycles. The Morgan fingerprint density at radius 3 is 1.73 bits per heavy atom. The third-order valence-corrected chi connectivity index (χ3v) is 5.29. The van der Waals surface area contributed by atoms with Crippen LogP contribution in [-0.2, 0) is 0 Å². The number of piperidine rings is 1. The van der Waals surface area contributed by atoms with Crippen LogP contribution in [-0.4, -0.2) is 10.9 Å². The topological polar surface area (TPSA) is 49.2 Å². The van der Waals surface area contributed by atoms with Gasteiger partial charge >= 0.3 is 0 Å². The molecule has 3 aromatic rings. The summed E-state index contributed by atoms with van der Waals surface area (Å²) in [5.74, 6) is 0.0589. The smallest absolute Gasteiger partial charge is 0.124 e. The maximum absolute atomic E-state index is 9.83. The zero-order chi connectivity index (χ0) is 17.8. The fraction of sp³-hybridized carbons (Fsp3) is 0.174. The van der Waals surface area contributed by atoms with Gasteiger partial charge in [-0.25, -0.2) is 0 Å². The van der Waals surface area contributed by atoms with E-state index >= 15 is 0 Å². The zero-order valence-electron chi connectivity index (χ0n) is 14.6. The molecule has 0 bridgehead atoms. The molecule has 0 spiro atoms. The van der Waals surface area contributed by atoms with Gasteiger partial charge in [0.1, 0.15) is 12.1 Å². The second-order valence-electron chi connectivity index (χ2n) is 6.83. The summed E-state index contributed by atoms with van der Waals surface area (Å²) in [4.78, 5) is 0. The maximum atomic E-state index is 9.83. The average molecular weight is 343 g/mol. The van der Waals surface area contributed by atoms with Gasteiger partial charge in [0.25, 0.3) is 0 Å². The van der Waals surface area contributed by atoms with Gasteiger partial charge in [-0.1, -0.05) is 96.2 Å². The van der Waals surface area contributed by atoms with Crippen molar-refractivity contribution >= 4 is 5.71 Å². The fourth-order valence-electron chi connectivity index (χ4n) is 4.06. The Labute approximate surface area is 154 Å². The largest absolute Gasteiger partial charge is 0.411 e. The van der Waals surface area contributed by atoms with E-state index in [-0.39, 0.29) is 18.0 Å². The molecular formula is C23H23N2O+. The molecule has 26 heavy (non-hydrogen) atoms. The summed E-state index contributed by atoms with van der Waals surface area (Å²) in [7, 11) is 0. The number of nitrogens with zero attached hydrogens (tertiary/aromatic N) is 1. The third-order valence-electron chi connectivity index (χ3n) is 5.29. The first-order valence-electron chi connectivity index (χ1n) is 9.07. The van der Waals surface area contributed by atoms with E-state index < -0.39 is 0 Å². The van der Waals surface area contributed by atoms with E-state index in [2.05, 4.69) is 83.3 Å². The van der Waals surface area contributed by atoms with Crippen molar-refractivity contribution in [1.82, 2.24) is 0 Å². The lowest BCUT2D eigenvalue weighted by atomic mass is 9.77. The van der Waals surface area contributed by atoms with Gasteiger partial charge < -0.3 is 10.5 Å². The standard InChI is InChI=1S/C23H22N2O/c26-25-21-16-20(17-10-4-1-5-11-17)24-23(19-14-8-3-9-15-19)22(21)18-12-6-2-7-13-18/h1-15,20,22-24,26H,16H2/p+1/b25-21-/t20-,22+,23+/m1/s1. The summed E-state index contributed by atoms with van der Waals surface area (Å²) in [5.41, 5.74) is 4.56. The predicted molar refractivity (Wildman–Crippen MR) is 103 cm³/mol. The second-order valence-corrected chi connectivity index (χ2v) is 6.83. The fourth-order valence-corrected chi connectivity index (χ4v) is 4.06. The Morgan fingerprint density at radius 1 is 0.692 bits per heavy atom. The molecule has 130 valence electrons. The van der Waals surface area contributed by atoms with Crippen LogP contribution in [0.25, 0.3) is 0 Å². The van der Waals surface area contributed by atoms with E-state index in [9.17, 15) is 5.21 Å². The van der Waals surface area contributed by atoms with Crippen LogP contribution >= 0.6 is 0 Å². The Bertz CT molecular complexity index is 862. The van der Waals surface area contributed by atoms with Gasteiger partial charge in [0.2, 0.25) is 0 Å². The minimum atomic E-state index is 0.0589. The van der Waals surface area contributed by atoms with Crippen molar-refractivity contribution in [2.24, 2.45) is 5.16 Å². The number of benzene rings is 3. The summed E-state index contributed by atoms with van der Waals surface area (Å²) in [5, 5.41) is 16.0. The summed E-state index contributed by atoms with van der Waals surface area (Å²) in [6.07, 6.45) is 0.739. The van der Waals surface area contributed by atoms with Crippen molar-refractivity contribution in [2.75, 3.05) is 0 Å². The quantitative estimate of drug-likeness (QED) is 0.547. The minimum absolute atomic E-state index is 0.0589. The first-order chi connectivity index (χ1) is 12.9. The Balaban J connectivity index is 1.78. The molecule has 1 aliphatic heterocycles. The van der Waals surface area contributed by atoms with Crippen molar-refractivity contribution < 1.29 is 10.5 Å². The van der Waals surface area contributed by atoms with E-state index in [1.807, 2.05) is 18.2 Å². The first kappa shape index (κ1) is 16.6. The van der Waals surface area contributed by atoms with Gasteiger partial charge in [0.05, 0.1) is 11.6 Å². The van der Waals surface area contributed by atoms with Crippen molar-refractivity contribution in [2.45, 2.75) is 24.4 Å². The monoisotopic (exact) mass is 343 g/mol. The van der Waals surface area contributed by atoms with Crippen molar-refractivity contribution in [3.8, 4) is 0 Å². The molecule has 4 rings (SSSR count). The summed E-state index contributed by atoms with van der Waals surface area (Å²) >= 11 is 0. The van der Waals surface area contributed by atoms with Crippen LogP contribution in [0.4, 0.5) is 0 Å². The van der Waals surface area contributed by atoms with Crippen molar-refractivity contribution in [1.29, 1.82) is 0 Å². The molecule has 3 aromatic carbocycles. The Morgan fingerprint density at radius 2 is 1.19 bits per heavy atom. The highest BCUT2D eigenvalue weighted by atomic mass is 16.4. The van der Waals surface area contributed by atoms with E-state index in [1.165, 1.54) is 16.7 Å². The van der Waals surface area contributed by atoms with Crippen LogP contribution in [0.15, 0.2) is 96.2 Å². The minimum Gasteiger partial charge on any atom is -0.411 e. The molecule has 1 aliphatic rings. The number of rotatable bonds is 3. The molecule has 1 heterocycles. The van der Waals surface area contributed by atoms with Gasteiger partial charge in [0, 0.05) is 17.5 Å². The zero-order valence-corrected chi connectivity index (χ0v) is 14.6. The molecule has 0 aliphatic carbocycles. The highest BCUT2D eigenvalue weighted by Gasteiger charge is 2.41. The lowest BCUT2D eigenvalue weighted by Crippen LogP contribution is -2.89. The van der Waals surface area contributed by atoms with Crippen LogP contribution in [0.1, 0.15) is 41.1 Å². The predicted octanol–water partition coefficient (Wildman–Crippen LogP) is 4.05. The number of hydrogen-bond acceptors (Lipinski definition) is 2. The molecule has 3 heteroatoms. The van der Waals surface area contributed by atoms with Crippen LogP contribution in [0.3, 0.4) is 0 Å². The first-order valence-corrected chi connectivity index (χ1v) is 9.07. The molecule has 0 aromatic heterocycles. The van der Waals surface area contributed by atoms with Crippen molar-refractivity contribution in [3.05, 3.63) is 108 Å². The number of oxime groups is 1. The molecule has 1 fully saturated rings. The highest BCUT2D eigenvalue weighted by Crippen LogP contribution is 2.36. The van der Waals surface area contributed by atoms with Gasteiger partial charge in [0.15, 0.2) is 0 Å². The second kappa shape index (κ2) is 7.54. The van der Waals surface area contributed by atoms with Gasteiger partial charge in [-0.05, 0) is 5.56 Å². The summed E-state index contributed by atoms with van der Waals surface area (Å²) < 4.78 is 0. The van der Waals surface area contributed by atoms with E-state index in [0.29, 0.717) is 0 Å².